The molecule has 186 valence electrons. The molecule has 1 aliphatic carbocycles. The van der Waals surface area contributed by atoms with Crippen LogP contribution in [0, 0.1) is 0 Å². The Hall–Kier alpha value is -3.11. The van der Waals surface area contributed by atoms with E-state index in [0.717, 1.165) is 86.2 Å². The van der Waals surface area contributed by atoms with Gasteiger partial charge in [0.05, 0.1) is 32.8 Å². The predicted molar refractivity (Wildman–Crippen MR) is 141 cm³/mol. The van der Waals surface area contributed by atoms with Gasteiger partial charge in [0.15, 0.2) is 0 Å². The van der Waals surface area contributed by atoms with Gasteiger partial charge in [0.1, 0.15) is 16.8 Å². The number of nitrogens with zero attached hydrogens (tertiary/aromatic N) is 1. The van der Waals surface area contributed by atoms with Crippen molar-refractivity contribution in [2.24, 2.45) is 0 Å². The fourth-order valence-corrected chi connectivity index (χ4v) is 6.82. The number of carbonyl (C=O) groups excluding carboxylic acids is 1. The fourth-order valence-electron chi connectivity index (χ4n) is 6.82. The van der Waals surface area contributed by atoms with Crippen LogP contribution in [0.3, 0.4) is 0 Å². The number of para-hydroxylation sites is 1. The number of rotatable bonds is 7. The lowest BCUT2D eigenvalue weighted by Crippen LogP contribution is -2.66. The van der Waals surface area contributed by atoms with Crippen LogP contribution in [0.2, 0.25) is 0 Å². The van der Waals surface area contributed by atoms with Gasteiger partial charge in [0, 0.05) is 25.7 Å². The molecule has 0 unspecified atom stereocenters. The van der Waals surface area contributed by atoms with Gasteiger partial charge in [-0.15, -0.1) is 0 Å². The minimum Gasteiger partial charge on any atom is -0.493 e. The van der Waals surface area contributed by atoms with Gasteiger partial charge < -0.3 is 14.0 Å². The first kappa shape index (κ1) is 23.3. The first-order valence-electron chi connectivity index (χ1n) is 13.5. The van der Waals surface area contributed by atoms with Gasteiger partial charge in [0.25, 0.3) is 0 Å². The molecular formula is C32H36NO3+. The summed E-state index contributed by atoms with van der Waals surface area (Å²) in [5.74, 6) is 0.861. The van der Waals surface area contributed by atoms with Crippen molar-refractivity contribution in [1.29, 1.82) is 0 Å². The quantitative estimate of drug-likeness (QED) is 0.248. The van der Waals surface area contributed by atoms with E-state index in [4.69, 9.17) is 9.47 Å². The van der Waals surface area contributed by atoms with E-state index in [-0.39, 0.29) is 11.6 Å². The summed E-state index contributed by atoms with van der Waals surface area (Å²) < 4.78 is 13.6. The maximum atomic E-state index is 14.1. The van der Waals surface area contributed by atoms with Crippen molar-refractivity contribution in [3.05, 3.63) is 101 Å². The average Bonchev–Trinajstić information content (AvgIpc) is 2.93. The first-order chi connectivity index (χ1) is 17.5. The van der Waals surface area contributed by atoms with Gasteiger partial charge in [-0.1, -0.05) is 66.7 Å². The van der Waals surface area contributed by atoms with E-state index in [1.54, 1.807) is 0 Å². The van der Waals surface area contributed by atoms with Crippen LogP contribution in [0.25, 0.3) is 0 Å². The second-order valence-corrected chi connectivity index (χ2v) is 11.2. The molecule has 0 spiro atoms. The molecule has 0 saturated carbocycles. The Morgan fingerprint density at radius 3 is 1.97 bits per heavy atom. The van der Waals surface area contributed by atoms with Crippen LogP contribution in [0.15, 0.2) is 78.9 Å². The summed E-state index contributed by atoms with van der Waals surface area (Å²) >= 11 is 0. The number of hydrogen-bond donors (Lipinski definition) is 0. The number of quaternary nitrogens is 1. The van der Waals surface area contributed by atoms with Crippen molar-refractivity contribution in [2.75, 3.05) is 32.8 Å². The van der Waals surface area contributed by atoms with E-state index in [0.29, 0.717) is 0 Å². The molecule has 4 aliphatic rings. The third kappa shape index (κ3) is 4.02. The minimum absolute atomic E-state index is 0.0831. The second-order valence-electron chi connectivity index (χ2n) is 11.2. The Bertz CT molecular complexity index is 1180. The number of benzene rings is 3. The highest BCUT2D eigenvalue weighted by Gasteiger charge is 2.54. The molecule has 7 rings (SSSR count). The van der Waals surface area contributed by atoms with Crippen molar-refractivity contribution >= 4 is 5.97 Å². The largest absolute Gasteiger partial charge is 0.493 e. The maximum Gasteiger partial charge on any atom is 0.321 e. The third-order valence-corrected chi connectivity index (χ3v) is 9.12. The van der Waals surface area contributed by atoms with E-state index in [1.165, 1.54) is 11.1 Å². The monoisotopic (exact) mass is 482 g/mol. The molecule has 3 saturated heterocycles. The number of hydrogen-bond acceptors (Lipinski definition) is 3. The highest BCUT2D eigenvalue weighted by Crippen LogP contribution is 2.46. The number of esters is 1. The Balaban J connectivity index is 1.13. The fraction of sp³-hybridized carbons (Fsp3) is 0.406. The zero-order valence-corrected chi connectivity index (χ0v) is 21.2. The Labute approximate surface area is 214 Å². The van der Waals surface area contributed by atoms with Crippen LogP contribution in [-0.2, 0) is 21.4 Å². The summed E-state index contributed by atoms with van der Waals surface area (Å²) in [7, 11) is 0. The smallest absolute Gasteiger partial charge is 0.321 e. The van der Waals surface area contributed by atoms with Crippen LogP contribution < -0.4 is 4.74 Å². The SMILES string of the molecule is CC1(C(=O)OC23CC[N+](CCCOc4ccccc4)(CC2)CC3)c2ccccc2Cc2ccccc21. The van der Waals surface area contributed by atoms with Gasteiger partial charge in [-0.25, -0.2) is 0 Å². The molecule has 3 aromatic carbocycles. The van der Waals surface area contributed by atoms with Gasteiger partial charge >= 0.3 is 5.97 Å². The summed E-state index contributed by atoms with van der Waals surface area (Å²) in [6.07, 6.45) is 4.79. The third-order valence-electron chi connectivity index (χ3n) is 9.12. The van der Waals surface area contributed by atoms with Crippen molar-refractivity contribution in [2.45, 2.75) is 50.0 Å². The van der Waals surface area contributed by atoms with Gasteiger partial charge in [0.2, 0.25) is 0 Å². The highest BCUT2D eigenvalue weighted by molar-refractivity contribution is 5.89. The van der Waals surface area contributed by atoms with Crippen LogP contribution in [-0.4, -0.2) is 48.8 Å². The number of ether oxygens (including phenoxy) is 2. The molecule has 0 aromatic heterocycles. The highest BCUT2D eigenvalue weighted by atomic mass is 16.6. The molecule has 2 bridgehead atoms. The van der Waals surface area contributed by atoms with Crippen molar-refractivity contribution < 1.29 is 18.8 Å². The van der Waals surface area contributed by atoms with Gasteiger partial charge in [-0.05, 0) is 47.7 Å². The first-order valence-corrected chi connectivity index (χ1v) is 13.5. The number of piperidine rings is 3. The molecule has 3 aromatic rings. The summed E-state index contributed by atoms with van der Waals surface area (Å²) in [5, 5.41) is 0. The van der Waals surface area contributed by atoms with Crippen molar-refractivity contribution in [3.63, 3.8) is 0 Å². The summed E-state index contributed by atoms with van der Waals surface area (Å²) in [5.41, 5.74) is 3.57. The summed E-state index contributed by atoms with van der Waals surface area (Å²) in [6, 6.07) is 26.8. The molecule has 3 aliphatic heterocycles. The molecule has 36 heavy (non-hydrogen) atoms. The van der Waals surface area contributed by atoms with E-state index in [2.05, 4.69) is 43.3 Å². The molecule has 0 N–H and O–H groups in total. The molecule has 4 heteroatoms. The van der Waals surface area contributed by atoms with E-state index < -0.39 is 5.41 Å². The zero-order chi connectivity index (χ0) is 24.6. The maximum absolute atomic E-state index is 14.1. The van der Waals surface area contributed by atoms with Gasteiger partial charge in [-0.3, -0.25) is 4.79 Å². The Morgan fingerprint density at radius 2 is 1.36 bits per heavy atom. The standard InChI is InChI=1S/C32H36NO3/c1-31(28-14-7-5-10-25(28)24-26-11-6-8-15-29(26)31)30(34)36-32-16-20-33(21-17-32,22-18-32)19-9-23-35-27-12-3-2-4-13-27/h2-8,10-15H,9,16-24H2,1H3/q+1. The Kier molecular flexibility index (Phi) is 5.88. The van der Waals surface area contributed by atoms with Crippen LogP contribution in [0.5, 0.6) is 5.75 Å². The lowest BCUT2D eigenvalue weighted by atomic mass is 9.67. The van der Waals surface area contributed by atoms with Gasteiger partial charge in [-0.2, -0.15) is 0 Å². The van der Waals surface area contributed by atoms with E-state index in [9.17, 15) is 4.79 Å². The molecule has 3 heterocycles. The van der Waals surface area contributed by atoms with E-state index >= 15 is 0 Å². The van der Waals surface area contributed by atoms with Crippen LogP contribution in [0.1, 0.15) is 54.9 Å². The Morgan fingerprint density at radius 1 is 0.806 bits per heavy atom. The molecule has 3 fully saturated rings. The van der Waals surface area contributed by atoms with E-state index in [1.807, 2.05) is 42.5 Å². The van der Waals surface area contributed by atoms with Crippen molar-refractivity contribution in [3.8, 4) is 5.75 Å². The molecular weight excluding hydrogens is 446 g/mol. The summed E-state index contributed by atoms with van der Waals surface area (Å²) in [6.45, 7) is 7.21. The van der Waals surface area contributed by atoms with Crippen molar-refractivity contribution in [1.82, 2.24) is 0 Å². The molecule has 0 atom stereocenters. The molecule has 0 amide bonds. The lowest BCUT2D eigenvalue weighted by molar-refractivity contribution is -0.944. The summed E-state index contributed by atoms with van der Waals surface area (Å²) in [4.78, 5) is 14.1. The van der Waals surface area contributed by atoms with Crippen LogP contribution >= 0.6 is 0 Å². The normalized spacial score (nSPS) is 25.5. The molecule has 0 radical (unpaired) electrons. The zero-order valence-electron chi connectivity index (χ0n) is 21.2. The number of fused-ring (bicyclic) bond motifs is 5. The lowest BCUT2D eigenvalue weighted by Gasteiger charge is -2.54. The van der Waals surface area contributed by atoms with Crippen LogP contribution in [0.4, 0.5) is 0 Å². The second kappa shape index (κ2) is 9.08. The minimum atomic E-state index is -0.768. The number of carbonyl (C=O) groups is 1. The average molecular weight is 483 g/mol. The predicted octanol–water partition coefficient (Wildman–Crippen LogP) is 5.66. The molecule has 4 nitrogen and oxygen atoms in total. The topological polar surface area (TPSA) is 35.5 Å².